The number of amides is 1. The molecule has 0 saturated carbocycles. The molecule has 3 rings (SSSR count). The summed E-state index contributed by atoms with van der Waals surface area (Å²) in [5.41, 5.74) is 3.51. The summed E-state index contributed by atoms with van der Waals surface area (Å²) in [5, 5.41) is 3.04. The molecular formula is C20H24N2O2. The van der Waals surface area contributed by atoms with E-state index in [-0.39, 0.29) is 5.91 Å². The molecule has 0 saturated heterocycles. The summed E-state index contributed by atoms with van der Waals surface area (Å²) in [6.07, 6.45) is 1.08. The summed E-state index contributed by atoms with van der Waals surface area (Å²) in [5.74, 6) is 0.716. The van der Waals surface area contributed by atoms with Crippen LogP contribution in [-0.2, 0) is 13.0 Å². The zero-order valence-electron chi connectivity index (χ0n) is 14.3. The van der Waals surface area contributed by atoms with Crippen LogP contribution in [0.2, 0.25) is 0 Å². The summed E-state index contributed by atoms with van der Waals surface area (Å²) in [7, 11) is 1.62. The van der Waals surface area contributed by atoms with Crippen molar-refractivity contribution in [3.8, 4) is 5.75 Å². The van der Waals surface area contributed by atoms with Gasteiger partial charge in [0.25, 0.3) is 5.91 Å². The van der Waals surface area contributed by atoms with Gasteiger partial charge < -0.3 is 10.1 Å². The number of carbonyl (C=O) groups is 1. The highest BCUT2D eigenvalue weighted by Crippen LogP contribution is 2.20. The average molecular weight is 324 g/mol. The van der Waals surface area contributed by atoms with Crippen LogP contribution in [0.4, 0.5) is 0 Å². The lowest BCUT2D eigenvalue weighted by Gasteiger charge is -2.33. The molecule has 1 unspecified atom stereocenters. The van der Waals surface area contributed by atoms with Crippen molar-refractivity contribution < 1.29 is 9.53 Å². The maximum absolute atomic E-state index is 12.3. The Morgan fingerprint density at radius 3 is 2.58 bits per heavy atom. The molecule has 0 spiro atoms. The third-order valence-corrected chi connectivity index (χ3v) is 4.69. The van der Waals surface area contributed by atoms with Crippen LogP contribution in [0.25, 0.3) is 0 Å². The minimum Gasteiger partial charge on any atom is -0.497 e. The first-order valence-electron chi connectivity index (χ1n) is 8.40. The molecule has 2 aromatic carbocycles. The first-order chi connectivity index (χ1) is 11.7. The number of fused-ring (bicyclic) bond motifs is 1. The van der Waals surface area contributed by atoms with Crippen LogP contribution in [0, 0.1) is 0 Å². The van der Waals surface area contributed by atoms with E-state index >= 15 is 0 Å². The maximum Gasteiger partial charge on any atom is 0.251 e. The van der Waals surface area contributed by atoms with E-state index in [0.717, 1.165) is 25.3 Å². The van der Waals surface area contributed by atoms with Crippen molar-refractivity contribution in [1.29, 1.82) is 0 Å². The number of carbonyl (C=O) groups excluding carboxylic acids is 1. The van der Waals surface area contributed by atoms with Crippen molar-refractivity contribution in [2.75, 3.05) is 20.2 Å². The minimum atomic E-state index is -0.0399. The highest BCUT2D eigenvalue weighted by atomic mass is 16.5. The number of nitrogens with zero attached hydrogens (tertiary/aromatic N) is 1. The Hall–Kier alpha value is -2.33. The Morgan fingerprint density at radius 1 is 1.17 bits per heavy atom. The van der Waals surface area contributed by atoms with E-state index in [1.807, 2.05) is 0 Å². The Balaban J connectivity index is 1.53. The lowest BCUT2D eigenvalue weighted by atomic mass is 9.99. The molecule has 0 aliphatic carbocycles. The highest BCUT2D eigenvalue weighted by molar-refractivity contribution is 5.94. The normalized spacial score (nSPS) is 15.4. The fourth-order valence-corrected chi connectivity index (χ4v) is 3.11. The quantitative estimate of drug-likeness (QED) is 0.919. The number of hydrogen-bond acceptors (Lipinski definition) is 3. The van der Waals surface area contributed by atoms with E-state index in [4.69, 9.17) is 4.74 Å². The van der Waals surface area contributed by atoms with Crippen molar-refractivity contribution in [3.05, 3.63) is 65.2 Å². The molecule has 1 N–H and O–H groups in total. The van der Waals surface area contributed by atoms with Gasteiger partial charge in [0.05, 0.1) is 7.11 Å². The molecule has 1 aliphatic heterocycles. The summed E-state index contributed by atoms with van der Waals surface area (Å²) in [4.78, 5) is 14.7. The van der Waals surface area contributed by atoms with Gasteiger partial charge in [-0.15, -0.1) is 0 Å². The Kier molecular flexibility index (Phi) is 5.16. The van der Waals surface area contributed by atoms with Gasteiger partial charge in [0, 0.05) is 31.2 Å². The lowest BCUT2D eigenvalue weighted by molar-refractivity contribution is 0.0932. The van der Waals surface area contributed by atoms with Crippen molar-refractivity contribution in [2.24, 2.45) is 0 Å². The smallest absolute Gasteiger partial charge is 0.251 e. The first kappa shape index (κ1) is 16.5. The number of hydrogen-bond donors (Lipinski definition) is 1. The zero-order chi connectivity index (χ0) is 16.9. The molecule has 1 amide bonds. The van der Waals surface area contributed by atoms with Crippen LogP contribution in [0.15, 0.2) is 48.5 Å². The molecule has 4 heteroatoms. The van der Waals surface area contributed by atoms with Gasteiger partial charge in [0.2, 0.25) is 0 Å². The molecule has 24 heavy (non-hydrogen) atoms. The lowest BCUT2D eigenvalue weighted by Crippen LogP contribution is -2.44. The van der Waals surface area contributed by atoms with Gasteiger partial charge in [-0.2, -0.15) is 0 Å². The largest absolute Gasteiger partial charge is 0.497 e. The number of benzene rings is 2. The number of methoxy groups -OCH3 is 1. The zero-order valence-corrected chi connectivity index (χ0v) is 14.3. The Bertz CT molecular complexity index is 697. The van der Waals surface area contributed by atoms with E-state index in [1.54, 1.807) is 31.4 Å². The third kappa shape index (κ3) is 3.77. The van der Waals surface area contributed by atoms with Gasteiger partial charge in [-0.1, -0.05) is 24.3 Å². The second-order valence-electron chi connectivity index (χ2n) is 6.28. The molecule has 2 aromatic rings. The molecule has 0 radical (unpaired) electrons. The third-order valence-electron chi connectivity index (χ3n) is 4.69. The van der Waals surface area contributed by atoms with Crippen LogP contribution < -0.4 is 10.1 Å². The van der Waals surface area contributed by atoms with Gasteiger partial charge in [0.1, 0.15) is 5.75 Å². The SMILES string of the molecule is COc1ccc(C(=O)NCC(C)N2CCc3ccccc3C2)cc1. The van der Waals surface area contributed by atoms with Crippen molar-refractivity contribution >= 4 is 5.91 Å². The Morgan fingerprint density at radius 2 is 1.88 bits per heavy atom. The van der Waals surface area contributed by atoms with E-state index in [9.17, 15) is 4.79 Å². The number of rotatable bonds is 5. The van der Waals surface area contributed by atoms with Gasteiger partial charge in [-0.05, 0) is 48.7 Å². The molecule has 0 bridgehead atoms. The summed E-state index contributed by atoms with van der Waals surface area (Å²) in [6, 6.07) is 16.1. The van der Waals surface area contributed by atoms with Crippen LogP contribution >= 0.6 is 0 Å². The fourth-order valence-electron chi connectivity index (χ4n) is 3.11. The van der Waals surface area contributed by atoms with E-state index in [1.165, 1.54) is 11.1 Å². The van der Waals surface area contributed by atoms with Crippen LogP contribution in [0.1, 0.15) is 28.4 Å². The molecule has 0 fully saturated rings. The molecule has 0 aromatic heterocycles. The monoisotopic (exact) mass is 324 g/mol. The molecular weight excluding hydrogens is 300 g/mol. The van der Waals surface area contributed by atoms with Gasteiger partial charge in [-0.25, -0.2) is 0 Å². The van der Waals surface area contributed by atoms with Crippen LogP contribution in [-0.4, -0.2) is 37.0 Å². The van der Waals surface area contributed by atoms with Crippen molar-refractivity contribution in [1.82, 2.24) is 10.2 Å². The maximum atomic E-state index is 12.3. The summed E-state index contributed by atoms with van der Waals surface area (Å²) < 4.78 is 5.12. The number of ether oxygens (including phenoxy) is 1. The van der Waals surface area contributed by atoms with Gasteiger partial charge >= 0.3 is 0 Å². The summed E-state index contributed by atoms with van der Waals surface area (Å²) in [6.45, 7) is 4.81. The minimum absolute atomic E-state index is 0.0399. The average Bonchev–Trinajstić information content (AvgIpc) is 2.65. The molecule has 4 nitrogen and oxygen atoms in total. The second kappa shape index (κ2) is 7.49. The first-order valence-corrected chi connectivity index (χ1v) is 8.40. The summed E-state index contributed by atoms with van der Waals surface area (Å²) >= 11 is 0. The highest BCUT2D eigenvalue weighted by Gasteiger charge is 2.20. The van der Waals surface area contributed by atoms with Crippen LogP contribution in [0.5, 0.6) is 5.75 Å². The Labute approximate surface area is 143 Å². The van der Waals surface area contributed by atoms with E-state index < -0.39 is 0 Å². The predicted octanol–water partition coefficient (Wildman–Crippen LogP) is 2.87. The second-order valence-corrected chi connectivity index (χ2v) is 6.28. The van der Waals surface area contributed by atoms with E-state index in [2.05, 4.69) is 41.4 Å². The van der Waals surface area contributed by atoms with Crippen LogP contribution in [0.3, 0.4) is 0 Å². The van der Waals surface area contributed by atoms with Crippen molar-refractivity contribution in [2.45, 2.75) is 25.9 Å². The molecule has 1 atom stereocenters. The van der Waals surface area contributed by atoms with Gasteiger partial charge in [0.15, 0.2) is 0 Å². The fraction of sp³-hybridized carbons (Fsp3) is 0.350. The van der Waals surface area contributed by atoms with E-state index in [0.29, 0.717) is 18.2 Å². The molecule has 1 heterocycles. The standard InChI is InChI=1S/C20H24N2O2/c1-15(22-12-11-16-5-3-4-6-18(16)14-22)13-21-20(23)17-7-9-19(24-2)10-8-17/h3-10,15H,11-14H2,1-2H3,(H,21,23). The molecule has 1 aliphatic rings. The number of nitrogens with one attached hydrogen (secondary N) is 1. The predicted molar refractivity (Wildman–Crippen MR) is 95.3 cm³/mol. The van der Waals surface area contributed by atoms with Crippen molar-refractivity contribution in [3.63, 3.8) is 0 Å². The topological polar surface area (TPSA) is 41.6 Å². The van der Waals surface area contributed by atoms with Gasteiger partial charge in [-0.3, -0.25) is 9.69 Å². The molecule has 126 valence electrons.